The van der Waals surface area contributed by atoms with E-state index in [0.29, 0.717) is 11.8 Å². The second-order valence-electron chi connectivity index (χ2n) is 5.41. The summed E-state index contributed by atoms with van der Waals surface area (Å²) in [7, 11) is 0. The van der Waals surface area contributed by atoms with Crippen LogP contribution in [0.25, 0.3) is 0 Å². The number of nitrogens with zero attached hydrogens (tertiary/aromatic N) is 1. The van der Waals surface area contributed by atoms with Crippen molar-refractivity contribution in [3.63, 3.8) is 0 Å². The molecular formula is C11H21N3O. The van der Waals surface area contributed by atoms with Gasteiger partial charge in [-0.05, 0) is 39.2 Å². The van der Waals surface area contributed by atoms with Gasteiger partial charge in [0.2, 0.25) is 5.91 Å². The minimum Gasteiger partial charge on any atom is -0.368 e. The minimum absolute atomic E-state index is 0.0859. The molecule has 0 bridgehead atoms. The predicted octanol–water partition coefficient (Wildman–Crippen LogP) is -0.210. The fraction of sp³-hybridized carbons (Fsp3) is 0.909. The summed E-state index contributed by atoms with van der Waals surface area (Å²) in [6, 6.07) is -0.148. The van der Waals surface area contributed by atoms with Gasteiger partial charge in [0.15, 0.2) is 0 Å². The normalized spacial score (nSPS) is 36.5. The number of rotatable bonds is 2. The van der Waals surface area contributed by atoms with E-state index in [4.69, 9.17) is 5.73 Å². The lowest BCUT2D eigenvalue weighted by atomic mass is 9.84. The third-order valence-electron chi connectivity index (χ3n) is 4.30. The summed E-state index contributed by atoms with van der Waals surface area (Å²) in [5.74, 6) is 1.12. The van der Waals surface area contributed by atoms with Crippen LogP contribution in [0.2, 0.25) is 0 Å². The number of fused-ring (bicyclic) bond motifs is 1. The molecule has 0 aromatic heterocycles. The van der Waals surface area contributed by atoms with E-state index in [1.54, 1.807) is 0 Å². The Bertz CT molecular complexity index is 277. The molecule has 2 aliphatic heterocycles. The van der Waals surface area contributed by atoms with Gasteiger partial charge < -0.3 is 11.1 Å². The largest absolute Gasteiger partial charge is 0.368 e. The number of hydrogen-bond donors (Lipinski definition) is 2. The van der Waals surface area contributed by atoms with Gasteiger partial charge in [-0.2, -0.15) is 0 Å². The quantitative estimate of drug-likeness (QED) is 0.664. The van der Waals surface area contributed by atoms with Crippen LogP contribution in [0.3, 0.4) is 0 Å². The molecule has 15 heavy (non-hydrogen) atoms. The van der Waals surface area contributed by atoms with Crippen LogP contribution < -0.4 is 11.1 Å². The smallest absolute Gasteiger partial charge is 0.234 e. The number of amides is 1. The minimum atomic E-state index is -0.212. The molecule has 86 valence electrons. The zero-order valence-corrected chi connectivity index (χ0v) is 9.79. The third-order valence-corrected chi connectivity index (χ3v) is 4.30. The van der Waals surface area contributed by atoms with E-state index in [9.17, 15) is 4.79 Å². The molecule has 0 aromatic rings. The molecule has 3 atom stereocenters. The number of primary amides is 1. The maximum Gasteiger partial charge on any atom is 0.234 e. The first-order valence-corrected chi connectivity index (χ1v) is 5.71. The number of hydrogen-bond acceptors (Lipinski definition) is 3. The highest BCUT2D eigenvalue weighted by molar-refractivity contribution is 5.79. The molecule has 3 unspecified atom stereocenters. The maximum absolute atomic E-state index is 11.3. The molecule has 2 saturated heterocycles. The molecular weight excluding hydrogens is 190 g/mol. The lowest BCUT2D eigenvalue weighted by molar-refractivity contribution is -0.124. The van der Waals surface area contributed by atoms with Gasteiger partial charge in [0.25, 0.3) is 0 Å². The van der Waals surface area contributed by atoms with Crippen molar-refractivity contribution in [2.45, 2.75) is 32.4 Å². The molecule has 1 amide bonds. The number of likely N-dealkylation sites (tertiary alicyclic amines) is 1. The van der Waals surface area contributed by atoms with Crippen LogP contribution in [0.5, 0.6) is 0 Å². The summed E-state index contributed by atoms with van der Waals surface area (Å²) in [5.41, 5.74) is 5.48. The van der Waals surface area contributed by atoms with Crippen LogP contribution >= 0.6 is 0 Å². The summed E-state index contributed by atoms with van der Waals surface area (Å²) in [6.07, 6.45) is 0. The van der Waals surface area contributed by atoms with Crippen molar-refractivity contribution in [2.24, 2.45) is 17.6 Å². The Morgan fingerprint density at radius 1 is 1.53 bits per heavy atom. The van der Waals surface area contributed by atoms with Gasteiger partial charge in [-0.3, -0.25) is 9.69 Å². The molecule has 0 aliphatic carbocycles. The number of carbonyl (C=O) groups is 1. The van der Waals surface area contributed by atoms with Crippen molar-refractivity contribution in [3.8, 4) is 0 Å². The molecule has 4 heteroatoms. The van der Waals surface area contributed by atoms with E-state index in [1.807, 2.05) is 6.92 Å². The van der Waals surface area contributed by atoms with Crippen LogP contribution in [-0.2, 0) is 4.79 Å². The summed E-state index contributed by atoms with van der Waals surface area (Å²) >= 11 is 0. The SMILES string of the molecule is CC(C(N)=O)N1CC2CNCC2C1(C)C. The highest BCUT2D eigenvalue weighted by Crippen LogP contribution is 2.41. The Morgan fingerprint density at radius 2 is 2.20 bits per heavy atom. The average Bonchev–Trinajstić information content (AvgIpc) is 2.67. The lowest BCUT2D eigenvalue weighted by Crippen LogP contribution is -2.52. The van der Waals surface area contributed by atoms with Crippen LogP contribution in [0, 0.1) is 11.8 Å². The third kappa shape index (κ3) is 1.56. The molecule has 2 rings (SSSR count). The van der Waals surface area contributed by atoms with Crippen LogP contribution in [0.1, 0.15) is 20.8 Å². The predicted molar refractivity (Wildman–Crippen MR) is 59.3 cm³/mol. The zero-order valence-electron chi connectivity index (χ0n) is 9.79. The first-order chi connectivity index (χ1) is 6.94. The number of nitrogens with one attached hydrogen (secondary N) is 1. The molecule has 3 N–H and O–H groups in total. The Labute approximate surface area is 91.2 Å². The fourth-order valence-corrected chi connectivity index (χ4v) is 3.26. The van der Waals surface area contributed by atoms with Gasteiger partial charge in [-0.25, -0.2) is 0 Å². The van der Waals surface area contributed by atoms with E-state index >= 15 is 0 Å². The van der Waals surface area contributed by atoms with Crippen molar-refractivity contribution < 1.29 is 4.79 Å². The van der Waals surface area contributed by atoms with Crippen molar-refractivity contribution in [3.05, 3.63) is 0 Å². The highest BCUT2D eigenvalue weighted by Gasteiger charge is 2.51. The van der Waals surface area contributed by atoms with Crippen LogP contribution in [-0.4, -0.2) is 42.0 Å². The molecule has 0 aromatic carbocycles. The van der Waals surface area contributed by atoms with E-state index in [-0.39, 0.29) is 17.5 Å². The molecule has 2 heterocycles. The maximum atomic E-state index is 11.3. The second-order valence-corrected chi connectivity index (χ2v) is 5.41. The van der Waals surface area contributed by atoms with Crippen LogP contribution in [0.15, 0.2) is 0 Å². The van der Waals surface area contributed by atoms with E-state index in [1.165, 1.54) is 0 Å². The first kappa shape index (κ1) is 10.9. The Hall–Kier alpha value is -0.610. The van der Waals surface area contributed by atoms with E-state index in [0.717, 1.165) is 19.6 Å². The summed E-state index contributed by atoms with van der Waals surface area (Å²) < 4.78 is 0. The molecule has 0 radical (unpaired) electrons. The van der Waals surface area contributed by atoms with Crippen molar-refractivity contribution in [2.75, 3.05) is 19.6 Å². The topological polar surface area (TPSA) is 58.4 Å². The summed E-state index contributed by atoms with van der Waals surface area (Å²) in [5, 5.41) is 3.43. The molecule has 2 fully saturated rings. The van der Waals surface area contributed by atoms with E-state index < -0.39 is 0 Å². The van der Waals surface area contributed by atoms with Crippen LogP contribution in [0.4, 0.5) is 0 Å². The van der Waals surface area contributed by atoms with Gasteiger partial charge in [-0.1, -0.05) is 0 Å². The van der Waals surface area contributed by atoms with Crippen molar-refractivity contribution in [1.82, 2.24) is 10.2 Å². The second kappa shape index (κ2) is 3.46. The fourth-order valence-electron chi connectivity index (χ4n) is 3.26. The van der Waals surface area contributed by atoms with Crippen molar-refractivity contribution in [1.29, 1.82) is 0 Å². The first-order valence-electron chi connectivity index (χ1n) is 5.71. The zero-order chi connectivity index (χ0) is 11.2. The van der Waals surface area contributed by atoms with Gasteiger partial charge >= 0.3 is 0 Å². The number of nitrogens with two attached hydrogens (primary N) is 1. The molecule has 2 aliphatic rings. The summed E-state index contributed by atoms with van der Waals surface area (Å²) in [6.45, 7) is 9.51. The van der Waals surface area contributed by atoms with E-state index in [2.05, 4.69) is 24.1 Å². The standard InChI is InChI=1S/C11H21N3O/c1-7(10(12)15)14-6-8-4-13-5-9(8)11(14,2)3/h7-9,13H,4-6H2,1-3H3,(H2,12,15). The monoisotopic (exact) mass is 211 g/mol. The average molecular weight is 211 g/mol. The van der Waals surface area contributed by atoms with Gasteiger partial charge in [0.05, 0.1) is 6.04 Å². The number of carbonyl (C=O) groups excluding carboxylic acids is 1. The van der Waals surface area contributed by atoms with Gasteiger partial charge in [0.1, 0.15) is 0 Å². The molecule has 4 nitrogen and oxygen atoms in total. The van der Waals surface area contributed by atoms with Gasteiger partial charge in [-0.15, -0.1) is 0 Å². The van der Waals surface area contributed by atoms with Gasteiger partial charge in [0, 0.05) is 18.6 Å². The lowest BCUT2D eigenvalue weighted by Gasteiger charge is -2.38. The molecule has 0 spiro atoms. The molecule has 0 saturated carbocycles. The highest BCUT2D eigenvalue weighted by atomic mass is 16.1. The Morgan fingerprint density at radius 3 is 2.73 bits per heavy atom. The summed E-state index contributed by atoms with van der Waals surface area (Å²) in [4.78, 5) is 13.5. The Kier molecular flexibility index (Phi) is 2.51. The Balaban J connectivity index is 2.18. The van der Waals surface area contributed by atoms with Crippen molar-refractivity contribution >= 4 is 5.91 Å².